The van der Waals surface area contributed by atoms with E-state index < -0.39 is 5.97 Å². The molecule has 0 unspecified atom stereocenters. The third-order valence-electron chi connectivity index (χ3n) is 2.47. The molecule has 6 nitrogen and oxygen atoms in total. The van der Waals surface area contributed by atoms with E-state index in [1.807, 2.05) is 28.8 Å². The van der Waals surface area contributed by atoms with Crippen LogP contribution >= 0.6 is 0 Å². The zero-order valence-electron chi connectivity index (χ0n) is 8.69. The number of carboxylic acids is 1. The zero-order valence-corrected chi connectivity index (χ0v) is 8.69. The van der Waals surface area contributed by atoms with E-state index >= 15 is 0 Å². The van der Waals surface area contributed by atoms with Gasteiger partial charge in [0, 0.05) is 18.6 Å². The Kier molecular flexibility index (Phi) is 1.94. The van der Waals surface area contributed by atoms with Gasteiger partial charge in [0.05, 0.1) is 0 Å². The Morgan fingerprint density at radius 1 is 1.29 bits per heavy atom. The summed E-state index contributed by atoms with van der Waals surface area (Å²) in [5, 5.41) is 8.82. The van der Waals surface area contributed by atoms with E-state index in [1.165, 1.54) is 12.5 Å². The second-order valence-corrected chi connectivity index (χ2v) is 3.51. The van der Waals surface area contributed by atoms with Gasteiger partial charge >= 0.3 is 5.97 Å². The average Bonchev–Trinajstić information content (AvgIpc) is 2.97. The Morgan fingerprint density at radius 3 is 2.94 bits per heavy atom. The van der Waals surface area contributed by atoms with E-state index in [2.05, 4.69) is 9.97 Å². The highest BCUT2D eigenvalue weighted by Crippen LogP contribution is 2.11. The SMILES string of the molecule is O=C(O)c1cn(-c2cccc3nccn23)cn1. The van der Waals surface area contributed by atoms with Gasteiger partial charge in [-0.1, -0.05) is 6.07 Å². The predicted molar refractivity (Wildman–Crippen MR) is 59.3 cm³/mol. The van der Waals surface area contributed by atoms with Crippen LogP contribution in [0.4, 0.5) is 0 Å². The minimum atomic E-state index is -1.04. The minimum absolute atomic E-state index is 0.0159. The molecule has 17 heavy (non-hydrogen) atoms. The number of carbonyl (C=O) groups is 1. The molecule has 0 radical (unpaired) electrons. The summed E-state index contributed by atoms with van der Waals surface area (Å²) in [4.78, 5) is 18.7. The fraction of sp³-hybridized carbons (Fsp3) is 0. The summed E-state index contributed by atoms with van der Waals surface area (Å²) in [5.41, 5.74) is 0.815. The van der Waals surface area contributed by atoms with E-state index in [0.717, 1.165) is 11.5 Å². The molecule has 0 saturated carbocycles. The van der Waals surface area contributed by atoms with Crippen LogP contribution in [0.1, 0.15) is 10.5 Å². The molecule has 0 fully saturated rings. The van der Waals surface area contributed by atoms with Crippen LogP contribution in [-0.2, 0) is 0 Å². The standard InChI is InChI=1S/C11H8N4O2/c16-11(17)8-6-14(7-13-8)10-3-1-2-9-12-4-5-15(9)10/h1-7H,(H,16,17). The predicted octanol–water partition coefficient (Wildman–Crippen LogP) is 1.22. The summed E-state index contributed by atoms with van der Waals surface area (Å²) in [6.45, 7) is 0. The van der Waals surface area contributed by atoms with Gasteiger partial charge < -0.3 is 5.11 Å². The Bertz CT molecular complexity index is 698. The molecule has 3 rings (SSSR count). The lowest BCUT2D eigenvalue weighted by atomic mass is 10.4. The van der Waals surface area contributed by atoms with Crippen LogP contribution in [0.2, 0.25) is 0 Å². The highest BCUT2D eigenvalue weighted by molar-refractivity contribution is 5.85. The van der Waals surface area contributed by atoms with Crippen molar-refractivity contribution >= 4 is 11.6 Å². The van der Waals surface area contributed by atoms with Crippen molar-refractivity contribution in [3.8, 4) is 5.82 Å². The van der Waals surface area contributed by atoms with Crippen molar-refractivity contribution in [3.63, 3.8) is 0 Å². The number of imidazole rings is 2. The largest absolute Gasteiger partial charge is 0.476 e. The third kappa shape index (κ3) is 1.46. The lowest BCUT2D eigenvalue weighted by molar-refractivity contribution is 0.0691. The molecule has 0 aromatic carbocycles. The lowest BCUT2D eigenvalue weighted by Crippen LogP contribution is -1.99. The maximum atomic E-state index is 10.8. The summed E-state index contributed by atoms with van der Waals surface area (Å²) in [6, 6.07) is 5.60. The van der Waals surface area contributed by atoms with E-state index in [4.69, 9.17) is 5.11 Å². The quantitative estimate of drug-likeness (QED) is 0.715. The number of hydrogen-bond donors (Lipinski definition) is 1. The van der Waals surface area contributed by atoms with Crippen molar-refractivity contribution in [1.82, 2.24) is 18.9 Å². The molecule has 0 aliphatic carbocycles. The van der Waals surface area contributed by atoms with E-state index in [1.54, 1.807) is 10.8 Å². The summed E-state index contributed by atoms with van der Waals surface area (Å²) in [5.74, 6) is -0.249. The van der Waals surface area contributed by atoms with Gasteiger partial charge in [-0.25, -0.2) is 14.8 Å². The van der Waals surface area contributed by atoms with Crippen LogP contribution in [0.5, 0.6) is 0 Å². The molecule has 0 saturated heterocycles. The average molecular weight is 228 g/mol. The van der Waals surface area contributed by atoms with Crippen LogP contribution in [-0.4, -0.2) is 30.0 Å². The first-order chi connectivity index (χ1) is 8.25. The van der Waals surface area contributed by atoms with Crippen molar-refractivity contribution in [1.29, 1.82) is 0 Å². The summed E-state index contributed by atoms with van der Waals surface area (Å²) in [6.07, 6.45) is 6.44. The van der Waals surface area contributed by atoms with Gasteiger partial charge in [-0.3, -0.25) is 8.97 Å². The van der Waals surface area contributed by atoms with Crippen molar-refractivity contribution < 1.29 is 9.90 Å². The first-order valence-electron chi connectivity index (χ1n) is 4.95. The molecule has 0 bridgehead atoms. The van der Waals surface area contributed by atoms with Gasteiger partial charge in [0.2, 0.25) is 0 Å². The smallest absolute Gasteiger partial charge is 0.356 e. The number of nitrogens with zero attached hydrogens (tertiary/aromatic N) is 4. The van der Waals surface area contributed by atoms with Gasteiger partial charge in [0.1, 0.15) is 17.8 Å². The lowest BCUT2D eigenvalue weighted by Gasteiger charge is -2.04. The molecule has 6 heteroatoms. The van der Waals surface area contributed by atoms with Crippen LogP contribution < -0.4 is 0 Å². The van der Waals surface area contributed by atoms with Gasteiger partial charge in [0.25, 0.3) is 0 Å². The Hall–Kier alpha value is -2.63. The first kappa shape index (κ1) is 9.59. The van der Waals surface area contributed by atoms with Crippen LogP contribution in [0.15, 0.2) is 43.1 Å². The fourth-order valence-electron chi connectivity index (χ4n) is 1.70. The molecule has 1 N–H and O–H groups in total. The summed E-state index contributed by atoms with van der Waals surface area (Å²) >= 11 is 0. The monoisotopic (exact) mass is 228 g/mol. The van der Waals surface area contributed by atoms with Gasteiger partial charge in [-0.05, 0) is 12.1 Å². The maximum absolute atomic E-state index is 10.8. The van der Waals surface area contributed by atoms with Crippen LogP contribution in [0, 0.1) is 0 Å². The number of carboxylic acid groups (broad SMARTS) is 1. The third-order valence-corrected chi connectivity index (χ3v) is 2.47. The fourth-order valence-corrected chi connectivity index (χ4v) is 1.70. The highest BCUT2D eigenvalue weighted by atomic mass is 16.4. The van der Waals surface area contributed by atoms with Crippen LogP contribution in [0.25, 0.3) is 11.5 Å². The second-order valence-electron chi connectivity index (χ2n) is 3.51. The second kappa shape index (κ2) is 3.44. The van der Waals surface area contributed by atoms with E-state index in [9.17, 15) is 4.79 Å². The normalized spacial score (nSPS) is 10.8. The molecular weight excluding hydrogens is 220 g/mol. The molecule has 0 amide bonds. The number of aromatic carboxylic acids is 1. The van der Waals surface area contributed by atoms with Gasteiger partial charge in [-0.15, -0.1) is 0 Å². The topological polar surface area (TPSA) is 72.4 Å². The number of hydrogen-bond acceptors (Lipinski definition) is 3. The Labute approximate surface area is 95.8 Å². The number of fused-ring (bicyclic) bond motifs is 1. The molecular formula is C11H8N4O2. The van der Waals surface area contributed by atoms with Crippen LogP contribution in [0.3, 0.4) is 0 Å². The molecule has 0 spiro atoms. The van der Waals surface area contributed by atoms with Crippen molar-refractivity contribution in [2.75, 3.05) is 0 Å². The number of aromatic nitrogens is 4. The number of pyridine rings is 1. The van der Waals surface area contributed by atoms with Crippen molar-refractivity contribution in [2.45, 2.75) is 0 Å². The molecule has 3 aromatic heterocycles. The van der Waals surface area contributed by atoms with Gasteiger partial charge in [-0.2, -0.15) is 0 Å². The summed E-state index contributed by atoms with van der Waals surface area (Å²) in [7, 11) is 0. The van der Waals surface area contributed by atoms with Gasteiger partial charge in [0.15, 0.2) is 5.69 Å². The molecule has 84 valence electrons. The summed E-state index contributed by atoms with van der Waals surface area (Å²) < 4.78 is 3.51. The Morgan fingerprint density at radius 2 is 2.18 bits per heavy atom. The van der Waals surface area contributed by atoms with E-state index in [0.29, 0.717) is 0 Å². The van der Waals surface area contributed by atoms with Crippen molar-refractivity contribution in [2.24, 2.45) is 0 Å². The zero-order chi connectivity index (χ0) is 11.8. The van der Waals surface area contributed by atoms with E-state index in [-0.39, 0.29) is 5.69 Å². The molecule has 0 aliphatic rings. The molecule has 3 aromatic rings. The number of rotatable bonds is 2. The first-order valence-corrected chi connectivity index (χ1v) is 4.95. The molecule has 3 heterocycles. The molecule has 0 atom stereocenters. The Balaban J connectivity index is 2.19. The maximum Gasteiger partial charge on any atom is 0.356 e. The highest BCUT2D eigenvalue weighted by Gasteiger charge is 2.09. The van der Waals surface area contributed by atoms with Crippen molar-refractivity contribution in [3.05, 3.63) is 48.8 Å². The molecule has 0 aliphatic heterocycles. The minimum Gasteiger partial charge on any atom is -0.476 e.